The van der Waals surface area contributed by atoms with E-state index in [-0.39, 0.29) is 11.7 Å². The summed E-state index contributed by atoms with van der Waals surface area (Å²) in [6, 6.07) is 11.7. The van der Waals surface area contributed by atoms with Crippen LogP contribution in [0.4, 0.5) is 11.4 Å². The SMILES string of the molecule is CCS(=O)(=O)N(C)c1cccc(C(=O)Nc2cc(Cl)ccc2C)c1. The Balaban J connectivity index is 2.28. The van der Waals surface area contributed by atoms with Crippen molar-refractivity contribution in [2.75, 3.05) is 22.4 Å². The second-order valence-corrected chi connectivity index (χ2v) is 8.06. The molecular formula is C17H19ClN2O3S. The van der Waals surface area contributed by atoms with Crippen LogP contribution in [-0.4, -0.2) is 27.1 Å². The number of carbonyl (C=O) groups is 1. The Morgan fingerprint density at radius 2 is 1.92 bits per heavy atom. The molecule has 2 aromatic rings. The fraction of sp³-hybridized carbons (Fsp3) is 0.235. The predicted molar refractivity (Wildman–Crippen MR) is 98.4 cm³/mol. The normalized spacial score (nSPS) is 11.2. The Kier molecular flexibility index (Phi) is 5.51. The molecule has 1 N–H and O–H groups in total. The van der Waals surface area contributed by atoms with Gasteiger partial charge in [0.1, 0.15) is 0 Å². The molecule has 2 aromatic carbocycles. The fourth-order valence-electron chi connectivity index (χ4n) is 2.12. The third kappa shape index (κ3) is 4.07. The number of nitrogens with one attached hydrogen (secondary N) is 1. The lowest BCUT2D eigenvalue weighted by Crippen LogP contribution is -2.28. The van der Waals surface area contributed by atoms with Crippen molar-refractivity contribution < 1.29 is 13.2 Å². The molecule has 128 valence electrons. The number of aryl methyl sites for hydroxylation is 1. The molecule has 0 unspecified atom stereocenters. The topological polar surface area (TPSA) is 66.5 Å². The zero-order chi connectivity index (χ0) is 17.9. The Morgan fingerprint density at radius 1 is 1.21 bits per heavy atom. The van der Waals surface area contributed by atoms with E-state index in [1.165, 1.54) is 11.4 Å². The van der Waals surface area contributed by atoms with Gasteiger partial charge in [0, 0.05) is 23.3 Å². The third-order valence-corrected chi connectivity index (χ3v) is 5.71. The monoisotopic (exact) mass is 366 g/mol. The first kappa shape index (κ1) is 18.3. The van der Waals surface area contributed by atoms with Crippen molar-refractivity contribution in [1.29, 1.82) is 0 Å². The van der Waals surface area contributed by atoms with Crippen LogP contribution in [0, 0.1) is 6.92 Å². The van der Waals surface area contributed by atoms with Crippen molar-refractivity contribution in [2.24, 2.45) is 0 Å². The molecule has 5 nitrogen and oxygen atoms in total. The first-order valence-electron chi connectivity index (χ1n) is 7.39. The first-order valence-corrected chi connectivity index (χ1v) is 9.37. The van der Waals surface area contributed by atoms with E-state index < -0.39 is 10.0 Å². The standard InChI is InChI=1S/C17H19ClN2O3S/c1-4-24(22,23)20(3)15-7-5-6-13(10-15)17(21)19-16-11-14(18)9-8-12(16)2/h5-11H,4H2,1-3H3,(H,19,21). The number of rotatable bonds is 5. The summed E-state index contributed by atoms with van der Waals surface area (Å²) in [7, 11) is -1.91. The van der Waals surface area contributed by atoms with Crippen molar-refractivity contribution in [3.05, 3.63) is 58.6 Å². The number of carbonyl (C=O) groups excluding carboxylic acids is 1. The molecule has 0 atom stereocenters. The van der Waals surface area contributed by atoms with Crippen LogP contribution in [0.15, 0.2) is 42.5 Å². The highest BCUT2D eigenvalue weighted by Gasteiger charge is 2.17. The van der Waals surface area contributed by atoms with Gasteiger partial charge in [-0.3, -0.25) is 9.10 Å². The molecule has 1 amide bonds. The number of sulfonamides is 1. The van der Waals surface area contributed by atoms with Crippen LogP contribution < -0.4 is 9.62 Å². The number of anilines is 2. The second kappa shape index (κ2) is 7.23. The summed E-state index contributed by atoms with van der Waals surface area (Å²) >= 11 is 5.95. The molecule has 0 aliphatic carbocycles. The summed E-state index contributed by atoms with van der Waals surface area (Å²) in [5.74, 6) is -0.341. The lowest BCUT2D eigenvalue weighted by molar-refractivity contribution is 0.102. The van der Waals surface area contributed by atoms with E-state index in [4.69, 9.17) is 11.6 Å². The maximum absolute atomic E-state index is 12.4. The number of halogens is 1. The van der Waals surface area contributed by atoms with Gasteiger partial charge in [-0.2, -0.15) is 0 Å². The van der Waals surface area contributed by atoms with Crippen molar-refractivity contribution in [3.8, 4) is 0 Å². The number of amides is 1. The Labute approximate surface area is 147 Å². The molecule has 2 rings (SSSR count). The second-order valence-electron chi connectivity index (χ2n) is 5.33. The minimum atomic E-state index is -3.38. The van der Waals surface area contributed by atoms with Gasteiger partial charge in [0.05, 0.1) is 11.4 Å². The predicted octanol–water partition coefficient (Wildman–Crippen LogP) is 3.69. The van der Waals surface area contributed by atoms with E-state index in [9.17, 15) is 13.2 Å². The summed E-state index contributed by atoms with van der Waals surface area (Å²) in [4.78, 5) is 12.4. The molecule has 0 saturated heterocycles. The van der Waals surface area contributed by atoms with Crippen LogP contribution in [0.3, 0.4) is 0 Å². The van der Waals surface area contributed by atoms with Crippen molar-refractivity contribution in [2.45, 2.75) is 13.8 Å². The van der Waals surface area contributed by atoms with E-state index in [0.717, 1.165) is 5.56 Å². The number of nitrogens with zero attached hydrogens (tertiary/aromatic N) is 1. The highest BCUT2D eigenvalue weighted by Crippen LogP contribution is 2.22. The maximum atomic E-state index is 12.4. The summed E-state index contributed by atoms with van der Waals surface area (Å²) < 4.78 is 25.1. The molecule has 0 spiro atoms. The maximum Gasteiger partial charge on any atom is 0.255 e. The van der Waals surface area contributed by atoms with E-state index in [1.54, 1.807) is 43.3 Å². The Bertz CT molecular complexity index is 866. The van der Waals surface area contributed by atoms with E-state index >= 15 is 0 Å². The highest BCUT2D eigenvalue weighted by molar-refractivity contribution is 7.92. The van der Waals surface area contributed by atoms with Gasteiger partial charge in [-0.05, 0) is 49.7 Å². The smallest absolute Gasteiger partial charge is 0.255 e. The van der Waals surface area contributed by atoms with Gasteiger partial charge in [0.25, 0.3) is 5.91 Å². The van der Waals surface area contributed by atoms with Crippen LogP contribution in [0.5, 0.6) is 0 Å². The van der Waals surface area contributed by atoms with Crippen molar-refractivity contribution in [3.63, 3.8) is 0 Å². The van der Waals surface area contributed by atoms with E-state index in [1.807, 2.05) is 13.0 Å². The van der Waals surface area contributed by atoms with E-state index in [0.29, 0.717) is 22.0 Å². The van der Waals surface area contributed by atoms with Crippen LogP contribution in [0.2, 0.25) is 5.02 Å². The summed E-state index contributed by atoms with van der Waals surface area (Å²) in [6.45, 7) is 3.44. The third-order valence-electron chi connectivity index (χ3n) is 3.70. The highest BCUT2D eigenvalue weighted by atomic mass is 35.5. The molecule has 0 heterocycles. The molecule has 0 fully saturated rings. The van der Waals surface area contributed by atoms with Gasteiger partial charge in [-0.1, -0.05) is 23.7 Å². The number of hydrogen-bond acceptors (Lipinski definition) is 3. The number of hydrogen-bond donors (Lipinski definition) is 1. The Hall–Kier alpha value is -2.05. The lowest BCUT2D eigenvalue weighted by Gasteiger charge is -2.19. The fourth-order valence-corrected chi connectivity index (χ4v) is 3.11. The Morgan fingerprint density at radius 3 is 2.58 bits per heavy atom. The molecule has 0 bridgehead atoms. The van der Waals surface area contributed by atoms with Crippen LogP contribution in [0.25, 0.3) is 0 Å². The molecule has 0 radical (unpaired) electrons. The van der Waals surface area contributed by atoms with Gasteiger partial charge in [0.2, 0.25) is 10.0 Å². The van der Waals surface area contributed by atoms with Gasteiger partial charge in [-0.15, -0.1) is 0 Å². The van der Waals surface area contributed by atoms with Crippen LogP contribution in [0.1, 0.15) is 22.8 Å². The summed E-state index contributed by atoms with van der Waals surface area (Å²) in [6.07, 6.45) is 0. The molecule has 0 aliphatic heterocycles. The molecule has 0 aromatic heterocycles. The van der Waals surface area contributed by atoms with Crippen LogP contribution >= 0.6 is 11.6 Å². The average Bonchev–Trinajstić information content (AvgIpc) is 2.57. The number of benzene rings is 2. The molecule has 0 aliphatic rings. The lowest BCUT2D eigenvalue weighted by atomic mass is 10.1. The zero-order valence-corrected chi connectivity index (χ0v) is 15.3. The van der Waals surface area contributed by atoms with Crippen molar-refractivity contribution in [1.82, 2.24) is 0 Å². The summed E-state index contributed by atoms with van der Waals surface area (Å²) in [5.41, 5.74) is 2.30. The molecule has 0 saturated carbocycles. The quantitative estimate of drug-likeness (QED) is 0.877. The minimum Gasteiger partial charge on any atom is -0.322 e. The van der Waals surface area contributed by atoms with E-state index in [2.05, 4.69) is 5.32 Å². The molecule has 24 heavy (non-hydrogen) atoms. The summed E-state index contributed by atoms with van der Waals surface area (Å²) in [5, 5.41) is 3.32. The van der Waals surface area contributed by atoms with Gasteiger partial charge >= 0.3 is 0 Å². The van der Waals surface area contributed by atoms with Gasteiger partial charge < -0.3 is 5.32 Å². The van der Waals surface area contributed by atoms with Gasteiger partial charge in [-0.25, -0.2) is 8.42 Å². The minimum absolute atomic E-state index is 0.0123. The largest absolute Gasteiger partial charge is 0.322 e. The zero-order valence-electron chi connectivity index (χ0n) is 13.7. The average molecular weight is 367 g/mol. The van der Waals surface area contributed by atoms with Gasteiger partial charge in [0.15, 0.2) is 0 Å². The van der Waals surface area contributed by atoms with Crippen LogP contribution in [-0.2, 0) is 10.0 Å². The first-order chi connectivity index (χ1) is 11.2. The molecular weight excluding hydrogens is 348 g/mol. The molecule has 7 heteroatoms. The van der Waals surface area contributed by atoms with Crippen molar-refractivity contribution >= 4 is 38.9 Å².